The highest BCUT2D eigenvalue weighted by atomic mass is 19.1. The number of hydrogen-bond acceptors (Lipinski definition) is 3. The van der Waals surface area contributed by atoms with Gasteiger partial charge in [-0.2, -0.15) is 0 Å². The third-order valence-electron chi connectivity index (χ3n) is 4.72. The van der Waals surface area contributed by atoms with Crippen LogP contribution in [0.2, 0.25) is 0 Å². The molecule has 0 spiro atoms. The fraction of sp³-hybridized carbons (Fsp3) is 0.286. The van der Waals surface area contributed by atoms with Crippen LogP contribution in [-0.4, -0.2) is 16.4 Å². The summed E-state index contributed by atoms with van der Waals surface area (Å²) in [5, 5.41) is 0. The Balaban J connectivity index is 1.47. The van der Waals surface area contributed by atoms with Crippen LogP contribution in [0.3, 0.4) is 0 Å². The third kappa shape index (κ3) is 3.80. The van der Waals surface area contributed by atoms with Crippen LogP contribution in [0.1, 0.15) is 41.7 Å². The molecule has 0 radical (unpaired) electrons. The minimum absolute atomic E-state index is 0.220. The summed E-state index contributed by atoms with van der Waals surface area (Å²) >= 11 is 0. The van der Waals surface area contributed by atoms with Gasteiger partial charge in [0, 0.05) is 13.0 Å². The fourth-order valence-electron chi connectivity index (χ4n) is 3.52. The molecule has 128 valence electrons. The Hall–Kier alpha value is -2.46. The highest BCUT2D eigenvalue weighted by Crippen LogP contribution is 2.33. The number of rotatable bonds is 5. The monoisotopic (exact) mass is 336 g/mol. The van der Waals surface area contributed by atoms with Gasteiger partial charge in [-0.25, -0.2) is 9.37 Å². The quantitative estimate of drug-likeness (QED) is 0.674. The van der Waals surface area contributed by atoms with Crippen molar-refractivity contribution in [2.75, 3.05) is 6.54 Å². The molecule has 4 rings (SSSR count). The van der Waals surface area contributed by atoms with E-state index < -0.39 is 0 Å². The van der Waals surface area contributed by atoms with E-state index in [-0.39, 0.29) is 11.9 Å². The molecule has 0 amide bonds. The molecule has 2 heterocycles. The molecule has 0 saturated carbocycles. The van der Waals surface area contributed by atoms with Gasteiger partial charge in [0.2, 0.25) is 5.89 Å². The van der Waals surface area contributed by atoms with Gasteiger partial charge in [0.15, 0.2) is 0 Å². The summed E-state index contributed by atoms with van der Waals surface area (Å²) in [6.07, 6.45) is 4.56. The first-order valence-electron chi connectivity index (χ1n) is 8.75. The summed E-state index contributed by atoms with van der Waals surface area (Å²) in [5.74, 6) is 1.34. The first kappa shape index (κ1) is 16.0. The summed E-state index contributed by atoms with van der Waals surface area (Å²) in [5.41, 5.74) is 2.20. The van der Waals surface area contributed by atoms with E-state index >= 15 is 0 Å². The molecule has 1 atom stereocenters. The van der Waals surface area contributed by atoms with Gasteiger partial charge in [-0.3, -0.25) is 4.90 Å². The zero-order chi connectivity index (χ0) is 17.1. The van der Waals surface area contributed by atoms with Gasteiger partial charge in [0.25, 0.3) is 0 Å². The first-order valence-corrected chi connectivity index (χ1v) is 8.75. The van der Waals surface area contributed by atoms with Gasteiger partial charge in [-0.15, -0.1) is 0 Å². The molecule has 1 aromatic heterocycles. The first-order chi connectivity index (χ1) is 12.3. The van der Waals surface area contributed by atoms with Crippen molar-refractivity contribution in [2.24, 2.45) is 0 Å². The zero-order valence-electron chi connectivity index (χ0n) is 14.1. The van der Waals surface area contributed by atoms with Gasteiger partial charge < -0.3 is 4.42 Å². The molecule has 1 saturated heterocycles. The van der Waals surface area contributed by atoms with Crippen LogP contribution < -0.4 is 0 Å². The summed E-state index contributed by atoms with van der Waals surface area (Å²) in [6, 6.07) is 17.3. The highest BCUT2D eigenvalue weighted by molar-refractivity contribution is 5.21. The molecule has 0 unspecified atom stereocenters. The van der Waals surface area contributed by atoms with Crippen LogP contribution in [0.25, 0.3) is 0 Å². The van der Waals surface area contributed by atoms with Crippen LogP contribution in [0, 0.1) is 5.82 Å². The largest absolute Gasteiger partial charge is 0.444 e. The minimum Gasteiger partial charge on any atom is -0.444 e. The fourth-order valence-corrected chi connectivity index (χ4v) is 3.52. The van der Waals surface area contributed by atoms with Crippen molar-refractivity contribution in [1.82, 2.24) is 9.88 Å². The number of aromatic nitrogens is 1. The van der Waals surface area contributed by atoms with Gasteiger partial charge in [0.05, 0.1) is 12.2 Å². The summed E-state index contributed by atoms with van der Waals surface area (Å²) in [4.78, 5) is 6.93. The molecule has 2 aromatic carbocycles. The van der Waals surface area contributed by atoms with Crippen molar-refractivity contribution in [3.8, 4) is 0 Å². The maximum atomic E-state index is 13.3. The lowest BCUT2D eigenvalue weighted by Gasteiger charge is -2.21. The Kier molecular flexibility index (Phi) is 4.61. The van der Waals surface area contributed by atoms with Crippen LogP contribution >= 0.6 is 0 Å². The number of likely N-dealkylation sites (tertiary alicyclic amines) is 1. The molecular formula is C21H21FN2O. The topological polar surface area (TPSA) is 29.3 Å². The molecule has 0 aliphatic carbocycles. The Morgan fingerprint density at radius 2 is 1.92 bits per heavy atom. The van der Waals surface area contributed by atoms with E-state index in [1.165, 1.54) is 11.6 Å². The predicted octanol–water partition coefficient (Wildman–Crippen LogP) is 4.74. The lowest BCUT2D eigenvalue weighted by molar-refractivity contribution is 0.212. The third-order valence-corrected chi connectivity index (χ3v) is 4.72. The van der Waals surface area contributed by atoms with Crippen molar-refractivity contribution >= 4 is 0 Å². The molecule has 1 fully saturated rings. The highest BCUT2D eigenvalue weighted by Gasteiger charge is 2.29. The smallest absolute Gasteiger partial charge is 0.211 e. The molecule has 25 heavy (non-hydrogen) atoms. The van der Waals surface area contributed by atoms with Crippen molar-refractivity contribution < 1.29 is 8.81 Å². The predicted molar refractivity (Wildman–Crippen MR) is 94.5 cm³/mol. The van der Waals surface area contributed by atoms with Gasteiger partial charge >= 0.3 is 0 Å². The van der Waals surface area contributed by atoms with E-state index in [1.54, 1.807) is 18.3 Å². The summed E-state index contributed by atoms with van der Waals surface area (Å²) < 4.78 is 19.3. The van der Waals surface area contributed by atoms with E-state index in [4.69, 9.17) is 4.42 Å². The second-order valence-corrected chi connectivity index (χ2v) is 6.59. The molecule has 0 N–H and O–H groups in total. The van der Waals surface area contributed by atoms with Crippen LogP contribution in [-0.2, 0) is 13.0 Å². The standard InChI is InChI=1S/C21H21FN2O/c22-18-9-4-8-17(12-18)13-19-14-23-21(25-19)20-10-5-11-24(20)15-16-6-2-1-3-7-16/h1-4,6-9,12,14,20H,5,10-11,13,15H2/t20-/m1/s1. The van der Waals surface area contributed by atoms with Crippen molar-refractivity contribution in [2.45, 2.75) is 31.8 Å². The molecule has 1 aliphatic rings. The number of benzene rings is 2. The lowest BCUT2D eigenvalue weighted by Crippen LogP contribution is -2.22. The normalized spacial score (nSPS) is 17.9. The Morgan fingerprint density at radius 3 is 2.76 bits per heavy atom. The zero-order valence-corrected chi connectivity index (χ0v) is 14.1. The van der Waals surface area contributed by atoms with E-state index in [0.29, 0.717) is 6.42 Å². The lowest BCUT2D eigenvalue weighted by atomic mass is 10.1. The van der Waals surface area contributed by atoms with Gasteiger partial charge in [-0.05, 0) is 42.6 Å². The molecule has 3 aromatic rings. The van der Waals surface area contributed by atoms with Crippen LogP contribution in [0.4, 0.5) is 4.39 Å². The van der Waals surface area contributed by atoms with Crippen molar-refractivity contribution in [3.05, 3.63) is 89.4 Å². The summed E-state index contributed by atoms with van der Waals surface area (Å²) in [7, 11) is 0. The SMILES string of the molecule is Fc1cccc(Cc2cnc([C@H]3CCCN3Cc3ccccc3)o2)c1. The average Bonchev–Trinajstić information content (AvgIpc) is 3.25. The number of nitrogens with zero attached hydrogens (tertiary/aromatic N) is 2. The van der Waals surface area contributed by atoms with Gasteiger partial charge in [-0.1, -0.05) is 42.5 Å². The van der Waals surface area contributed by atoms with Crippen molar-refractivity contribution in [1.29, 1.82) is 0 Å². The Morgan fingerprint density at radius 1 is 1.08 bits per heavy atom. The second-order valence-electron chi connectivity index (χ2n) is 6.59. The van der Waals surface area contributed by atoms with Crippen LogP contribution in [0.15, 0.2) is 65.2 Å². The second kappa shape index (κ2) is 7.19. The maximum absolute atomic E-state index is 13.3. The van der Waals surface area contributed by atoms with E-state index in [9.17, 15) is 4.39 Å². The molecule has 4 heteroatoms. The molecule has 0 bridgehead atoms. The van der Waals surface area contributed by atoms with Crippen LogP contribution in [0.5, 0.6) is 0 Å². The maximum Gasteiger partial charge on any atom is 0.211 e. The molecule has 1 aliphatic heterocycles. The molecular weight excluding hydrogens is 315 g/mol. The number of hydrogen-bond donors (Lipinski definition) is 0. The van der Waals surface area contributed by atoms with E-state index in [2.05, 4.69) is 34.1 Å². The Labute approximate surface area is 147 Å². The number of halogens is 1. The van der Waals surface area contributed by atoms with E-state index in [0.717, 1.165) is 43.1 Å². The van der Waals surface area contributed by atoms with E-state index in [1.807, 2.05) is 12.1 Å². The average molecular weight is 336 g/mol. The minimum atomic E-state index is -0.220. The van der Waals surface area contributed by atoms with Gasteiger partial charge in [0.1, 0.15) is 11.6 Å². The molecule has 3 nitrogen and oxygen atoms in total. The Bertz CT molecular complexity index is 831. The van der Waals surface area contributed by atoms with Crippen molar-refractivity contribution in [3.63, 3.8) is 0 Å². The number of oxazole rings is 1. The summed E-state index contributed by atoms with van der Waals surface area (Å²) in [6.45, 7) is 1.97.